The van der Waals surface area contributed by atoms with Gasteiger partial charge in [0.15, 0.2) is 17.3 Å². The van der Waals surface area contributed by atoms with Gasteiger partial charge in [-0.3, -0.25) is 14.5 Å². The van der Waals surface area contributed by atoms with E-state index in [1.807, 2.05) is 0 Å². The summed E-state index contributed by atoms with van der Waals surface area (Å²) in [7, 11) is 1.51. The number of ether oxygens (including phenoxy) is 2. The van der Waals surface area contributed by atoms with Gasteiger partial charge in [0.2, 0.25) is 0 Å². The predicted molar refractivity (Wildman–Crippen MR) is 118 cm³/mol. The quantitative estimate of drug-likeness (QED) is 0.331. The number of ketones is 1. The number of aryl methyl sites for hydroxylation is 1. The first-order chi connectivity index (χ1) is 15.8. The fourth-order valence-corrected chi connectivity index (χ4v) is 3.73. The zero-order valence-corrected chi connectivity index (χ0v) is 18.2. The molecule has 0 saturated carbocycles. The fourth-order valence-electron chi connectivity index (χ4n) is 3.73. The zero-order valence-electron chi connectivity index (χ0n) is 18.2. The highest BCUT2D eigenvalue weighted by Crippen LogP contribution is 2.43. The molecule has 2 heterocycles. The summed E-state index contributed by atoms with van der Waals surface area (Å²) >= 11 is 0. The molecule has 0 spiro atoms. The number of anilines is 1. The third kappa shape index (κ3) is 3.89. The number of nitrogens with zero attached hydrogens (tertiary/aromatic N) is 2. The summed E-state index contributed by atoms with van der Waals surface area (Å²) in [5.74, 6) is -0.863. The number of carbonyl (C=O) groups is 2. The molecule has 1 saturated heterocycles. The molecule has 0 aliphatic carbocycles. The first kappa shape index (κ1) is 21.9. The molecule has 1 fully saturated rings. The van der Waals surface area contributed by atoms with Gasteiger partial charge < -0.3 is 24.2 Å². The van der Waals surface area contributed by atoms with Gasteiger partial charge in [-0.1, -0.05) is 11.2 Å². The highest BCUT2D eigenvalue weighted by Gasteiger charge is 2.48. The van der Waals surface area contributed by atoms with Crippen molar-refractivity contribution in [2.45, 2.75) is 19.9 Å². The summed E-state index contributed by atoms with van der Waals surface area (Å²) in [6.07, 6.45) is 0. The Bertz CT molecular complexity index is 1240. The van der Waals surface area contributed by atoms with E-state index in [4.69, 9.17) is 14.0 Å². The number of aromatic hydroxyl groups is 1. The van der Waals surface area contributed by atoms with Crippen LogP contribution in [0.5, 0.6) is 17.2 Å². The number of phenolic OH excluding ortho intramolecular Hbond substituents is 1. The van der Waals surface area contributed by atoms with Crippen LogP contribution in [-0.2, 0) is 9.59 Å². The van der Waals surface area contributed by atoms with Crippen LogP contribution in [0.4, 0.5) is 5.82 Å². The van der Waals surface area contributed by atoms with Crippen molar-refractivity contribution in [3.63, 3.8) is 0 Å². The van der Waals surface area contributed by atoms with E-state index in [0.29, 0.717) is 29.2 Å². The lowest BCUT2D eigenvalue weighted by Crippen LogP contribution is -2.29. The molecule has 1 amide bonds. The summed E-state index contributed by atoms with van der Waals surface area (Å²) < 4.78 is 15.7. The number of rotatable bonds is 6. The number of amides is 1. The van der Waals surface area contributed by atoms with Crippen LogP contribution in [0.3, 0.4) is 0 Å². The number of methoxy groups -OCH3 is 1. The summed E-state index contributed by atoms with van der Waals surface area (Å²) in [6, 6.07) is 11.4. The zero-order chi connectivity index (χ0) is 23.7. The van der Waals surface area contributed by atoms with Crippen molar-refractivity contribution in [2.24, 2.45) is 0 Å². The number of aromatic nitrogens is 1. The van der Waals surface area contributed by atoms with Crippen LogP contribution < -0.4 is 14.4 Å². The maximum absolute atomic E-state index is 13.1. The van der Waals surface area contributed by atoms with Crippen LogP contribution >= 0.6 is 0 Å². The molecule has 1 aromatic heterocycles. The van der Waals surface area contributed by atoms with Crippen LogP contribution in [0.1, 0.15) is 29.9 Å². The van der Waals surface area contributed by atoms with Crippen molar-refractivity contribution >= 4 is 23.3 Å². The van der Waals surface area contributed by atoms with Crippen molar-refractivity contribution in [3.05, 3.63) is 71.0 Å². The van der Waals surface area contributed by atoms with Gasteiger partial charge in [0.25, 0.3) is 5.78 Å². The topological polar surface area (TPSA) is 122 Å². The van der Waals surface area contributed by atoms with Crippen LogP contribution in [-0.4, -0.2) is 40.8 Å². The highest BCUT2D eigenvalue weighted by atomic mass is 16.5. The normalized spacial score (nSPS) is 17.4. The van der Waals surface area contributed by atoms with Gasteiger partial charge in [-0.15, -0.1) is 0 Å². The number of carbonyl (C=O) groups excluding carboxylic acids is 2. The molecular weight excluding hydrogens is 428 g/mol. The van der Waals surface area contributed by atoms with Crippen molar-refractivity contribution in [1.82, 2.24) is 5.16 Å². The Labute approximate surface area is 189 Å². The SMILES string of the molecule is CCOc1cc([C@H]2C(=C(O)c3ccc(OC)cc3)C(=O)C(=O)N2c2cc(C)on2)ccc1O. The van der Waals surface area contributed by atoms with Crippen LogP contribution in [0.15, 0.2) is 58.6 Å². The van der Waals surface area contributed by atoms with Crippen LogP contribution in [0.2, 0.25) is 0 Å². The molecule has 4 rings (SSSR count). The standard InChI is InChI=1S/C24H22N2O7/c1-4-32-18-12-15(7-10-17(18)27)21-20(22(28)14-5-8-16(31-3)9-6-14)23(29)24(30)26(21)19-11-13(2)33-25-19/h5-12,21,27-28H,4H2,1-3H3/t21-/m0/s1. The number of benzene rings is 2. The first-order valence-corrected chi connectivity index (χ1v) is 10.2. The number of aliphatic hydroxyl groups is 1. The van der Waals surface area contributed by atoms with E-state index in [9.17, 15) is 19.8 Å². The van der Waals surface area contributed by atoms with E-state index in [2.05, 4.69) is 5.16 Å². The van der Waals surface area contributed by atoms with Gasteiger partial charge in [-0.05, 0) is 55.8 Å². The third-order valence-electron chi connectivity index (χ3n) is 5.27. The summed E-state index contributed by atoms with van der Waals surface area (Å²) in [5, 5.41) is 25.1. The molecular formula is C24H22N2O7. The van der Waals surface area contributed by atoms with E-state index >= 15 is 0 Å². The van der Waals surface area contributed by atoms with Gasteiger partial charge in [-0.25, -0.2) is 0 Å². The van der Waals surface area contributed by atoms with Crippen LogP contribution in [0, 0.1) is 6.92 Å². The van der Waals surface area contributed by atoms with Crippen LogP contribution in [0.25, 0.3) is 5.76 Å². The highest BCUT2D eigenvalue weighted by molar-refractivity contribution is 6.51. The Morgan fingerprint density at radius 1 is 1.15 bits per heavy atom. The summed E-state index contributed by atoms with van der Waals surface area (Å²) in [5.41, 5.74) is 0.643. The summed E-state index contributed by atoms with van der Waals surface area (Å²) in [6.45, 7) is 3.72. The smallest absolute Gasteiger partial charge is 0.301 e. The number of hydrogen-bond acceptors (Lipinski definition) is 8. The predicted octanol–water partition coefficient (Wildman–Crippen LogP) is 3.72. The van der Waals surface area contributed by atoms with Gasteiger partial charge >= 0.3 is 5.91 Å². The number of Topliss-reactive ketones (excluding diaryl/α,β-unsaturated/α-hetero) is 1. The lowest BCUT2D eigenvalue weighted by molar-refractivity contribution is -0.132. The second-order valence-corrected chi connectivity index (χ2v) is 7.35. The van der Waals surface area contributed by atoms with E-state index in [1.165, 1.54) is 25.3 Å². The second-order valence-electron chi connectivity index (χ2n) is 7.35. The molecule has 1 atom stereocenters. The largest absolute Gasteiger partial charge is 0.507 e. The maximum atomic E-state index is 13.1. The van der Waals surface area contributed by atoms with Gasteiger partial charge in [0, 0.05) is 11.6 Å². The summed E-state index contributed by atoms with van der Waals surface area (Å²) in [4.78, 5) is 27.4. The van der Waals surface area contributed by atoms with Crippen molar-refractivity contribution in [2.75, 3.05) is 18.6 Å². The van der Waals surface area contributed by atoms with E-state index in [1.54, 1.807) is 44.2 Å². The molecule has 9 nitrogen and oxygen atoms in total. The van der Waals surface area contributed by atoms with E-state index < -0.39 is 17.7 Å². The molecule has 9 heteroatoms. The van der Waals surface area contributed by atoms with Gasteiger partial charge in [0.1, 0.15) is 17.3 Å². The molecule has 170 valence electrons. The Balaban J connectivity index is 1.93. The van der Waals surface area contributed by atoms with E-state index in [0.717, 1.165) is 4.90 Å². The Kier molecular flexibility index (Phi) is 5.78. The second kappa shape index (κ2) is 8.70. The van der Waals surface area contributed by atoms with Gasteiger partial charge in [-0.2, -0.15) is 0 Å². The van der Waals surface area contributed by atoms with Gasteiger partial charge in [0.05, 0.1) is 25.3 Å². The Hall–Kier alpha value is -4.27. The maximum Gasteiger partial charge on any atom is 0.301 e. The molecule has 1 aliphatic rings. The monoisotopic (exact) mass is 450 g/mol. The minimum atomic E-state index is -1.03. The number of aliphatic hydroxyl groups excluding tert-OH is 1. The molecule has 3 aromatic rings. The molecule has 0 bridgehead atoms. The molecule has 0 unspecified atom stereocenters. The lowest BCUT2D eigenvalue weighted by Gasteiger charge is -2.23. The first-order valence-electron chi connectivity index (χ1n) is 10.2. The average Bonchev–Trinajstić information content (AvgIpc) is 3.35. The minimum Gasteiger partial charge on any atom is -0.507 e. The lowest BCUT2D eigenvalue weighted by atomic mass is 9.95. The molecule has 2 aromatic carbocycles. The van der Waals surface area contributed by atoms with Crippen molar-refractivity contribution in [3.8, 4) is 17.2 Å². The average molecular weight is 450 g/mol. The Morgan fingerprint density at radius 3 is 2.48 bits per heavy atom. The molecule has 2 N–H and O–H groups in total. The van der Waals surface area contributed by atoms with Crippen molar-refractivity contribution in [1.29, 1.82) is 0 Å². The number of hydrogen-bond donors (Lipinski definition) is 2. The third-order valence-corrected chi connectivity index (χ3v) is 5.27. The minimum absolute atomic E-state index is 0.0926. The Morgan fingerprint density at radius 2 is 1.88 bits per heavy atom. The number of phenols is 1. The molecule has 33 heavy (non-hydrogen) atoms. The molecule has 0 radical (unpaired) electrons. The fraction of sp³-hybridized carbons (Fsp3) is 0.208. The van der Waals surface area contributed by atoms with Crippen molar-refractivity contribution < 1.29 is 33.8 Å². The van der Waals surface area contributed by atoms with E-state index in [-0.39, 0.29) is 28.6 Å². The molecule has 1 aliphatic heterocycles.